The summed E-state index contributed by atoms with van der Waals surface area (Å²) in [6.07, 6.45) is 7.57. The lowest BCUT2D eigenvalue weighted by atomic mass is 10.1. The van der Waals surface area contributed by atoms with Crippen LogP contribution in [0.1, 0.15) is 0 Å². The van der Waals surface area contributed by atoms with Gasteiger partial charge in [0, 0.05) is 35.6 Å². The number of H-pyrrole nitrogens is 1. The number of hydrogen-bond acceptors (Lipinski definition) is 3. The van der Waals surface area contributed by atoms with Gasteiger partial charge in [-0.3, -0.25) is 0 Å². The fraction of sp³-hybridized carbons (Fsp3) is 0.0588. The minimum absolute atomic E-state index is 0.812. The van der Waals surface area contributed by atoms with Crippen LogP contribution in [0.2, 0.25) is 0 Å². The van der Waals surface area contributed by atoms with Crippen LogP contribution in [0.4, 0.5) is 0 Å². The van der Waals surface area contributed by atoms with E-state index in [0.717, 1.165) is 33.6 Å². The molecule has 3 aromatic heterocycles. The van der Waals surface area contributed by atoms with Crippen LogP contribution in [0.25, 0.3) is 27.8 Å². The van der Waals surface area contributed by atoms with Crippen molar-refractivity contribution < 1.29 is 4.74 Å². The zero-order chi connectivity index (χ0) is 14.9. The molecule has 0 aliphatic heterocycles. The normalized spacial score (nSPS) is 11.0. The number of fused-ring (bicyclic) bond motifs is 1. The van der Waals surface area contributed by atoms with Gasteiger partial charge in [0.2, 0.25) is 0 Å². The lowest BCUT2D eigenvalue weighted by molar-refractivity contribution is 0.414. The third-order valence-corrected chi connectivity index (χ3v) is 3.67. The Hall–Kier alpha value is -3.08. The van der Waals surface area contributed by atoms with Crippen LogP contribution < -0.4 is 4.74 Å². The number of benzene rings is 1. The van der Waals surface area contributed by atoms with Gasteiger partial charge in [0.15, 0.2) is 0 Å². The Morgan fingerprint density at radius 1 is 1.18 bits per heavy atom. The molecule has 0 aliphatic carbocycles. The topological polar surface area (TPSA) is 55.7 Å². The largest absolute Gasteiger partial charge is 0.497 e. The molecule has 0 fully saturated rings. The van der Waals surface area contributed by atoms with Crippen molar-refractivity contribution in [2.75, 3.05) is 7.11 Å². The van der Waals surface area contributed by atoms with E-state index in [1.54, 1.807) is 13.3 Å². The van der Waals surface area contributed by atoms with Crippen molar-refractivity contribution in [2.24, 2.45) is 0 Å². The van der Waals surface area contributed by atoms with E-state index in [4.69, 9.17) is 4.74 Å². The number of nitrogens with one attached hydrogen (secondary N) is 1. The number of rotatable bonds is 3. The summed E-state index contributed by atoms with van der Waals surface area (Å²) in [5.74, 6) is 0.812. The van der Waals surface area contributed by atoms with Gasteiger partial charge >= 0.3 is 0 Å². The molecule has 0 saturated heterocycles. The second kappa shape index (κ2) is 5.04. The maximum Gasteiger partial charge on any atom is 0.137 e. The molecular weight excluding hydrogens is 276 g/mol. The lowest BCUT2D eigenvalue weighted by Crippen LogP contribution is -1.94. The monoisotopic (exact) mass is 290 g/mol. The third-order valence-electron chi connectivity index (χ3n) is 3.67. The number of hydrogen-bond donors (Lipinski definition) is 1. The Morgan fingerprint density at radius 2 is 2.14 bits per heavy atom. The van der Waals surface area contributed by atoms with Crippen molar-refractivity contribution in [1.82, 2.24) is 19.7 Å². The summed E-state index contributed by atoms with van der Waals surface area (Å²) in [5.41, 5.74) is 4.01. The minimum atomic E-state index is 0.812. The molecule has 5 heteroatoms. The fourth-order valence-electron chi connectivity index (χ4n) is 2.57. The van der Waals surface area contributed by atoms with E-state index in [2.05, 4.69) is 15.1 Å². The molecule has 0 spiro atoms. The number of nitrogens with zero attached hydrogens (tertiary/aromatic N) is 3. The van der Waals surface area contributed by atoms with Gasteiger partial charge in [-0.2, -0.15) is 5.10 Å². The molecule has 3 heterocycles. The highest BCUT2D eigenvalue weighted by Crippen LogP contribution is 2.27. The van der Waals surface area contributed by atoms with Crippen molar-refractivity contribution in [1.29, 1.82) is 0 Å². The van der Waals surface area contributed by atoms with Crippen molar-refractivity contribution in [2.45, 2.75) is 0 Å². The summed E-state index contributed by atoms with van der Waals surface area (Å²) in [7, 11) is 1.66. The van der Waals surface area contributed by atoms with Gasteiger partial charge in [0.05, 0.1) is 19.0 Å². The van der Waals surface area contributed by atoms with Crippen molar-refractivity contribution >= 4 is 11.0 Å². The average molecular weight is 290 g/mol. The highest BCUT2D eigenvalue weighted by molar-refractivity contribution is 5.92. The average Bonchev–Trinajstić information content (AvgIpc) is 3.23. The van der Waals surface area contributed by atoms with Crippen LogP contribution >= 0.6 is 0 Å². The van der Waals surface area contributed by atoms with Crippen molar-refractivity contribution in [3.8, 4) is 22.6 Å². The SMILES string of the molecule is COc1cccc(-n2cc(-c3ccnc4[nH]ccc34)cn2)c1. The van der Waals surface area contributed by atoms with E-state index in [1.807, 2.05) is 59.7 Å². The zero-order valence-corrected chi connectivity index (χ0v) is 12.0. The predicted octanol–water partition coefficient (Wildman–Crippen LogP) is 3.42. The maximum absolute atomic E-state index is 5.26. The highest BCUT2D eigenvalue weighted by atomic mass is 16.5. The first-order chi connectivity index (χ1) is 10.8. The van der Waals surface area contributed by atoms with Gasteiger partial charge in [-0.15, -0.1) is 0 Å². The Balaban J connectivity index is 1.79. The first-order valence-corrected chi connectivity index (χ1v) is 6.97. The molecule has 0 saturated carbocycles. The molecule has 0 radical (unpaired) electrons. The molecule has 4 aromatic rings. The Kier molecular flexibility index (Phi) is 2.89. The Labute approximate surface area is 127 Å². The first kappa shape index (κ1) is 12.6. The summed E-state index contributed by atoms with van der Waals surface area (Å²) in [6, 6.07) is 11.9. The highest BCUT2D eigenvalue weighted by Gasteiger charge is 2.08. The molecule has 0 aliphatic rings. The molecule has 5 nitrogen and oxygen atoms in total. The van der Waals surface area contributed by atoms with Gasteiger partial charge in [-0.05, 0) is 29.8 Å². The van der Waals surface area contributed by atoms with Gasteiger partial charge in [-0.25, -0.2) is 9.67 Å². The third kappa shape index (κ3) is 2.03. The summed E-state index contributed by atoms with van der Waals surface area (Å²) in [4.78, 5) is 7.44. The van der Waals surface area contributed by atoms with Crippen LogP contribution in [0.3, 0.4) is 0 Å². The molecule has 0 bridgehead atoms. The molecule has 0 unspecified atom stereocenters. The number of pyridine rings is 1. The molecule has 108 valence electrons. The Bertz CT molecular complexity index is 938. The maximum atomic E-state index is 5.26. The minimum Gasteiger partial charge on any atom is -0.497 e. The lowest BCUT2D eigenvalue weighted by Gasteiger charge is -2.04. The van der Waals surface area contributed by atoms with Crippen LogP contribution in [0.5, 0.6) is 5.75 Å². The second-order valence-corrected chi connectivity index (χ2v) is 4.97. The van der Waals surface area contributed by atoms with Gasteiger partial charge < -0.3 is 9.72 Å². The smallest absolute Gasteiger partial charge is 0.137 e. The summed E-state index contributed by atoms with van der Waals surface area (Å²) >= 11 is 0. The quantitative estimate of drug-likeness (QED) is 0.629. The summed E-state index contributed by atoms with van der Waals surface area (Å²) < 4.78 is 7.11. The number of aromatic nitrogens is 4. The van der Waals surface area contributed by atoms with Crippen molar-refractivity contribution in [3.63, 3.8) is 0 Å². The van der Waals surface area contributed by atoms with Crippen LogP contribution in [0, 0.1) is 0 Å². The van der Waals surface area contributed by atoms with E-state index in [0.29, 0.717) is 0 Å². The van der Waals surface area contributed by atoms with Crippen molar-refractivity contribution in [3.05, 3.63) is 61.2 Å². The van der Waals surface area contributed by atoms with Crippen LogP contribution in [0.15, 0.2) is 61.2 Å². The molecule has 0 atom stereocenters. The molecular formula is C17H14N4O. The second-order valence-electron chi connectivity index (χ2n) is 4.97. The predicted molar refractivity (Wildman–Crippen MR) is 85.2 cm³/mol. The standard InChI is InChI=1S/C17H14N4O/c1-22-14-4-2-3-13(9-14)21-11-12(10-20-21)15-5-7-18-17-16(15)6-8-19-17/h2-11H,1H3,(H,18,19). The summed E-state index contributed by atoms with van der Waals surface area (Å²) in [6.45, 7) is 0. The molecule has 22 heavy (non-hydrogen) atoms. The molecule has 1 aromatic carbocycles. The molecule has 4 rings (SSSR count). The Morgan fingerprint density at radius 3 is 3.05 bits per heavy atom. The van der Waals surface area contributed by atoms with Crippen LogP contribution in [-0.4, -0.2) is 26.9 Å². The fourth-order valence-corrected chi connectivity index (χ4v) is 2.57. The summed E-state index contributed by atoms with van der Waals surface area (Å²) in [5, 5.41) is 5.55. The molecule has 1 N–H and O–H groups in total. The number of ether oxygens (including phenoxy) is 1. The molecule has 0 amide bonds. The van der Waals surface area contributed by atoms with Gasteiger partial charge in [0.1, 0.15) is 11.4 Å². The zero-order valence-electron chi connectivity index (χ0n) is 12.0. The number of methoxy groups -OCH3 is 1. The number of aromatic amines is 1. The van der Waals surface area contributed by atoms with E-state index in [9.17, 15) is 0 Å². The van der Waals surface area contributed by atoms with E-state index in [-0.39, 0.29) is 0 Å². The van der Waals surface area contributed by atoms with Gasteiger partial charge in [-0.1, -0.05) is 6.07 Å². The van der Waals surface area contributed by atoms with E-state index < -0.39 is 0 Å². The van der Waals surface area contributed by atoms with E-state index >= 15 is 0 Å². The van der Waals surface area contributed by atoms with Crippen LogP contribution in [-0.2, 0) is 0 Å². The first-order valence-electron chi connectivity index (χ1n) is 6.97. The van der Waals surface area contributed by atoms with Gasteiger partial charge in [0.25, 0.3) is 0 Å². The van der Waals surface area contributed by atoms with E-state index in [1.165, 1.54) is 0 Å².